The average molecular weight is 421 g/mol. The number of aliphatic imine (C=N–C) groups is 2. The third kappa shape index (κ3) is 20.0. The lowest BCUT2D eigenvalue weighted by Gasteiger charge is -2.24. The quantitative estimate of drug-likeness (QED) is 0.0956. The van der Waals surface area contributed by atoms with Gasteiger partial charge in [-0.3, -0.25) is 0 Å². The Morgan fingerprint density at radius 3 is 1.43 bits per heavy atom. The molecule has 0 N–H and O–H groups in total. The molecule has 0 bridgehead atoms. The number of hydrogen-bond donors (Lipinski definition) is 0. The first-order valence-corrected chi connectivity index (χ1v) is 12.8. The largest absolute Gasteiger partial charge is 0.234 e. The van der Waals surface area contributed by atoms with E-state index in [1.807, 2.05) is 0 Å². The van der Waals surface area contributed by atoms with Crippen LogP contribution < -0.4 is 0 Å². The standard InChI is InChI=1S/C26H48N2O2/c1-3-4-13-19-26(20-15-10-6-8-12-17-22-28-24-30)25(2)18-14-9-5-7-11-16-21-27-23-29/h25-26H,3-22H2,1-2H3. The van der Waals surface area contributed by atoms with Gasteiger partial charge in [0, 0.05) is 0 Å². The molecule has 0 aliphatic rings. The van der Waals surface area contributed by atoms with Gasteiger partial charge in [-0.15, -0.1) is 0 Å². The van der Waals surface area contributed by atoms with E-state index in [-0.39, 0.29) is 0 Å². The van der Waals surface area contributed by atoms with Gasteiger partial charge in [0.25, 0.3) is 0 Å². The molecule has 0 saturated heterocycles. The van der Waals surface area contributed by atoms with E-state index < -0.39 is 0 Å². The fourth-order valence-electron chi connectivity index (χ4n) is 4.37. The molecule has 0 aromatic rings. The monoisotopic (exact) mass is 420 g/mol. The van der Waals surface area contributed by atoms with Crippen LogP contribution in [-0.4, -0.2) is 25.2 Å². The maximum Gasteiger partial charge on any atom is 0.234 e. The Hall–Kier alpha value is -1.24. The number of unbranched alkanes of at least 4 members (excludes halogenated alkanes) is 12. The molecule has 0 aliphatic carbocycles. The molecule has 0 aromatic carbocycles. The molecule has 0 saturated carbocycles. The minimum Gasteiger partial charge on any atom is -0.211 e. The highest BCUT2D eigenvalue weighted by Crippen LogP contribution is 2.29. The van der Waals surface area contributed by atoms with E-state index in [1.165, 1.54) is 103 Å². The van der Waals surface area contributed by atoms with Gasteiger partial charge >= 0.3 is 0 Å². The lowest BCUT2D eigenvalue weighted by molar-refractivity contribution is 0.275. The van der Waals surface area contributed by atoms with Gasteiger partial charge in [-0.2, -0.15) is 0 Å². The van der Waals surface area contributed by atoms with Gasteiger partial charge in [0.15, 0.2) is 0 Å². The SMILES string of the molecule is CCCCCC(CCCCCCCCN=C=O)C(C)CCCCCCCCN=C=O. The molecule has 0 spiro atoms. The number of rotatable bonds is 23. The van der Waals surface area contributed by atoms with Crippen molar-refractivity contribution in [2.45, 2.75) is 129 Å². The first-order valence-electron chi connectivity index (χ1n) is 12.8. The molecule has 174 valence electrons. The molecule has 4 nitrogen and oxygen atoms in total. The van der Waals surface area contributed by atoms with Crippen LogP contribution in [0.4, 0.5) is 0 Å². The van der Waals surface area contributed by atoms with Crippen LogP contribution in [0.1, 0.15) is 129 Å². The number of hydrogen-bond acceptors (Lipinski definition) is 4. The number of isocyanates is 2. The average Bonchev–Trinajstić information content (AvgIpc) is 2.75. The van der Waals surface area contributed by atoms with Crippen LogP contribution in [0.15, 0.2) is 9.98 Å². The summed E-state index contributed by atoms with van der Waals surface area (Å²) in [5, 5.41) is 0. The van der Waals surface area contributed by atoms with Crippen molar-refractivity contribution in [3.63, 3.8) is 0 Å². The molecule has 0 radical (unpaired) electrons. The van der Waals surface area contributed by atoms with E-state index in [4.69, 9.17) is 0 Å². The Kier molecular flexibility index (Phi) is 23.0. The van der Waals surface area contributed by atoms with E-state index in [1.54, 1.807) is 12.2 Å². The molecule has 0 heterocycles. The van der Waals surface area contributed by atoms with E-state index in [0.29, 0.717) is 13.1 Å². The summed E-state index contributed by atoms with van der Waals surface area (Å²) in [6.07, 6.45) is 26.5. The molecule has 30 heavy (non-hydrogen) atoms. The van der Waals surface area contributed by atoms with Crippen molar-refractivity contribution in [3.8, 4) is 0 Å². The topological polar surface area (TPSA) is 58.9 Å². The predicted molar refractivity (Wildman–Crippen MR) is 127 cm³/mol. The van der Waals surface area contributed by atoms with Gasteiger partial charge in [0.1, 0.15) is 0 Å². The van der Waals surface area contributed by atoms with Crippen molar-refractivity contribution in [2.24, 2.45) is 21.8 Å². The summed E-state index contributed by atoms with van der Waals surface area (Å²) in [4.78, 5) is 27.3. The minimum absolute atomic E-state index is 0.648. The van der Waals surface area contributed by atoms with Crippen LogP contribution in [0.3, 0.4) is 0 Å². The van der Waals surface area contributed by atoms with Crippen molar-refractivity contribution < 1.29 is 9.59 Å². The lowest BCUT2D eigenvalue weighted by atomic mass is 9.82. The van der Waals surface area contributed by atoms with Crippen LogP contribution in [0.5, 0.6) is 0 Å². The Bertz CT molecular complexity index is 454. The van der Waals surface area contributed by atoms with Crippen molar-refractivity contribution in [3.05, 3.63) is 0 Å². The fraction of sp³-hybridized carbons (Fsp3) is 0.923. The third-order valence-electron chi connectivity index (χ3n) is 6.39. The van der Waals surface area contributed by atoms with E-state index >= 15 is 0 Å². The molecular formula is C26H48N2O2. The van der Waals surface area contributed by atoms with Crippen LogP contribution in [0.25, 0.3) is 0 Å². The summed E-state index contributed by atoms with van der Waals surface area (Å²) < 4.78 is 0. The summed E-state index contributed by atoms with van der Waals surface area (Å²) >= 11 is 0. The summed E-state index contributed by atoms with van der Waals surface area (Å²) in [5.74, 6) is 1.75. The van der Waals surface area contributed by atoms with Crippen LogP contribution in [0, 0.1) is 11.8 Å². The van der Waals surface area contributed by atoms with Gasteiger partial charge in [0.2, 0.25) is 12.2 Å². The zero-order valence-electron chi connectivity index (χ0n) is 20.0. The van der Waals surface area contributed by atoms with Gasteiger partial charge in [-0.1, -0.05) is 117 Å². The molecule has 4 heteroatoms. The lowest BCUT2D eigenvalue weighted by Crippen LogP contribution is -2.12. The number of carbonyl (C=O) groups excluding carboxylic acids is 2. The molecule has 0 aliphatic heterocycles. The van der Waals surface area contributed by atoms with Crippen molar-refractivity contribution in [2.75, 3.05) is 13.1 Å². The first-order chi connectivity index (χ1) is 14.8. The summed E-state index contributed by atoms with van der Waals surface area (Å²) in [7, 11) is 0. The van der Waals surface area contributed by atoms with E-state index in [9.17, 15) is 9.59 Å². The Balaban J connectivity index is 3.88. The zero-order valence-corrected chi connectivity index (χ0v) is 20.0. The Morgan fingerprint density at radius 1 is 0.567 bits per heavy atom. The van der Waals surface area contributed by atoms with Gasteiger partial charge < -0.3 is 0 Å². The number of nitrogens with zero attached hydrogens (tertiary/aromatic N) is 2. The summed E-state index contributed by atoms with van der Waals surface area (Å²) in [5.41, 5.74) is 0. The smallest absolute Gasteiger partial charge is 0.211 e. The van der Waals surface area contributed by atoms with Gasteiger partial charge in [-0.05, 0) is 24.7 Å². The maximum atomic E-state index is 10.0. The second-order valence-corrected chi connectivity index (χ2v) is 9.00. The second-order valence-electron chi connectivity index (χ2n) is 9.00. The molecule has 0 fully saturated rings. The van der Waals surface area contributed by atoms with E-state index in [0.717, 1.165) is 24.7 Å². The van der Waals surface area contributed by atoms with Gasteiger partial charge in [0.05, 0.1) is 13.1 Å². The third-order valence-corrected chi connectivity index (χ3v) is 6.39. The van der Waals surface area contributed by atoms with Crippen molar-refractivity contribution in [1.82, 2.24) is 0 Å². The van der Waals surface area contributed by atoms with Gasteiger partial charge in [-0.25, -0.2) is 19.6 Å². The van der Waals surface area contributed by atoms with Crippen LogP contribution in [-0.2, 0) is 9.59 Å². The van der Waals surface area contributed by atoms with Crippen LogP contribution in [0.2, 0.25) is 0 Å². The Labute approximate surface area is 186 Å². The minimum atomic E-state index is 0.648. The summed E-state index contributed by atoms with van der Waals surface area (Å²) in [6, 6.07) is 0. The van der Waals surface area contributed by atoms with Crippen LogP contribution >= 0.6 is 0 Å². The van der Waals surface area contributed by atoms with Crippen molar-refractivity contribution >= 4 is 12.2 Å². The normalized spacial score (nSPS) is 12.7. The second kappa shape index (κ2) is 24.0. The molecule has 2 unspecified atom stereocenters. The summed E-state index contributed by atoms with van der Waals surface area (Å²) in [6.45, 7) is 6.08. The molecule has 2 atom stereocenters. The van der Waals surface area contributed by atoms with Crippen molar-refractivity contribution in [1.29, 1.82) is 0 Å². The maximum absolute atomic E-state index is 10.0. The fourth-order valence-corrected chi connectivity index (χ4v) is 4.37. The zero-order chi connectivity index (χ0) is 22.1. The highest BCUT2D eigenvalue weighted by atomic mass is 16.1. The Morgan fingerprint density at radius 2 is 0.967 bits per heavy atom. The highest BCUT2D eigenvalue weighted by molar-refractivity contribution is 5.32. The molecule has 0 amide bonds. The molecule has 0 rings (SSSR count). The first kappa shape index (κ1) is 28.8. The predicted octanol–water partition coefficient (Wildman–Crippen LogP) is 7.95. The molecular weight excluding hydrogens is 372 g/mol. The highest BCUT2D eigenvalue weighted by Gasteiger charge is 2.16. The van der Waals surface area contributed by atoms with E-state index in [2.05, 4.69) is 23.8 Å². The molecule has 0 aromatic heterocycles.